The summed E-state index contributed by atoms with van der Waals surface area (Å²) in [6.07, 6.45) is 2.57. The van der Waals surface area contributed by atoms with Crippen LogP contribution in [0.25, 0.3) is 0 Å². The lowest BCUT2D eigenvalue weighted by molar-refractivity contribution is 0.603. The molecule has 0 amide bonds. The zero-order valence-corrected chi connectivity index (χ0v) is 26.7. The van der Waals surface area contributed by atoms with E-state index in [2.05, 4.69) is 111 Å². The van der Waals surface area contributed by atoms with Crippen molar-refractivity contribution >= 4 is 65.7 Å². The fourth-order valence-corrected chi connectivity index (χ4v) is 6.84. The lowest BCUT2D eigenvalue weighted by Crippen LogP contribution is -2.36. The Hall–Kier alpha value is -3.90. The first-order valence-corrected chi connectivity index (χ1v) is 16.0. The van der Waals surface area contributed by atoms with Crippen molar-refractivity contribution in [3.8, 4) is 0 Å². The Morgan fingerprint density at radius 3 is 2.14 bits per heavy atom. The summed E-state index contributed by atoms with van der Waals surface area (Å²) in [7, 11) is 0. The minimum Gasteiger partial charge on any atom is -0.363 e. The molecule has 4 N–H and O–H groups in total. The number of benzene rings is 2. The number of hydrogen-bond donors (Lipinski definition) is 4. The second-order valence-electron chi connectivity index (χ2n) is 11.0. The zero-order valence-electron chi connectivity index (χ0n) is 25.1. The van der Waals surface area contributed by atoms with Gasteiger partial charge in [0, 0.05) is 25.2 Å². The number of anilines is 6. The predicted molar refractivity (Wildman–Crippen MR) is 179 cm³/mol. The van der Waals surface area contributed by atoms with Crippen molar-refractivity contribution in [3.63, 3.8) is 0 Å². The molecule has 4 aromatic rings. The van der Waals surface area contributed by atoms with E-state index in [1.165, 1.54) is 29.2 Å². The molecule has 42 heavy (non-hydrogen) atoms. The van der Waals surface area contributed by atoms with Crippen molar-refractivity contribution in [2.75, 3.05) is 44.6 Å². The van der Waals surface area contributed by atoms with Crippen LogP contribution in [0.4, 0.5) is 43.0 Å². The molecule has 5 rings (SSSR count). The molecular formula is C30H40N10S2. The molecule has 0 aliphatic carbocycles. The third-order valence-corrected chi connectivity index (χ3v) is 8.97. The minimum atomic E-state index is 0.332. The third-order valence-electron chi connectivity index (χ3n) is 7.08. The van der Waals surface area contributed by atoms with Crippen LogP contribution < -0.4 is 31.5 Å². The molecule has 3 heterocycles. The van der Waals surface area contributed by atoms with Crippen LogP contribution in [-0.4, -0.2) is 35.4 Å². The van der Waals surface area contributed by atoms with Gasteiger partial charge in [-0.15, -0.1) is 20.4 Å². The molecule has 1 fully saturated rings. The van der Waals surface area contributed by atoms with Gasteiger partial charge in [-0.25, -0.2) is 0 Å². The maximum Gasteiger partial charge on any atom is 0.253 e. The van der Waals surface area contributed by atoms with Gasteiger partial charge >= 0.3 is 0 Å². The van der Waals surface area contributed by atoms with Gasteiger partial charge in [-0.05, 0) is 114 Å². The Balaban J connectivity index is 1.14. The zero-order chi connectivity index (χ0) is 29.6. The summed E-state index contributed by atoms with van der Waals surface area (Å²) in [4.78, 5) is 4.68. The second-order valence-corrected chi connectivity index (χ2v) is 13.0. The number of nitrogens with zero attached hydrogens (tertiary/aromatic N) is 6. The Morgan fingerprint density at radius 1 is 0.762 bits per heavy atom. The molecule has 10 nitrogen and oxygen atoms in total. The molecule has 2 aromatic heterocycles. The van der Waals surface area contributed by atoms with E-state index in [4.69, 9.17) is 0 Å². The van der Waals surface area contributed by atoms with E-state index in [1.807, 2.05) is 31.2 Å². The number of rotatable bonds is 12. The summed E-state index contributed by atoms with van der Waals surface area (Å²) < 4.78 is 0. The lowest BCUT2D eigenvalue weighted by Gasteiger charge is -2.29. The standard InChI is InChI=1S/C30H40N10S2/c1-19(2)40(20(3)4)30-38-37-29(42-30)36-34-26-12-9-23(17-22(26)6)31-33-25-11-10-24(18-21(25)5)32-35-27-13-14-28(41-27)39-15-7-8-16-39/h9-14,17-20,31-33,35H,7-8,15-16H2,1-6H3. The van der Waals surface area contributed by atoms with E-state index in [0.717, 1.165) is 57.1 Å². The highest BCUT2D eigenvalue weighted by Crippen LogP contribution is 2.33. The van der Waals surface area contributed by atoms with E-state index in [0.29, 0.717) is 17.2 Å². The van der Waals surface area contributed by atoms with E-state index in [-0.39, 0.29) is 0 Å². The molecule has 1 aliphatic heterocycles. The number of azo groups is 1. The average molecular weight is 605 g/mol. The predicted octanol–water partition coefficient (Wildman–Crippen LogP) is 8.73. The van der Waals surface area contributed by atoms with Crippen molar-refractivity contribution < 1.29 is 0 Å². The molecule has 1 saturated heterocycles. The van der Waals surface area contributed by atoms with Crippen LogP contribution in [-0.2, 0) is 0 Å². The van der Waals surface area contributed by atoms with Gasteiger partial charge in [-0.2, -0.15) is 0 Å². The van der Waals surface area contributed by atoms with Gasteiger partial charge in [0.05, 0.1) is 27.8 Å². The van der Waals surface area contributed by atoms with Gasteiger partial charge in [0.1, 0.15) is 5.00 Å². The van der Waals surface area contributed by atoms with Crippen LogP contribution in [0.2, 0.25) is 0 Å². The number of hydrazine groups is 2. The van der Waals surface area contributed by atoms with Gasteiger partial charge in [0.2, 0.25) is 5.13 Å². The summed E-state index contributed by atoms with van der Waals surface area (Å²) >= 11 is 3.23. The Labute approximate surface area is 256 Å². The fraction of sp³-hybridized carbons (Fsp3) is 0.400. The van der Waals surface area contributed by atoms with Crippen molar-refractivity contribution in [2.24, 2.45) is 10.2 Å². The summed E-state index contributed by atoms with van der Waals surface area (Å²) in [5.74, 6) is 0. The highest BCUT2D eigenvalue weighted by atomic mass is 32.1. The number of thiophene rings is 1. The first-order valence-electron chi connectivity index (χ1n) is 14.4. The van der Waals surface area contributed by atoms with Gasteiger partial charge in [0.25, 0.3) is 5.13 Å². The molecule has 1 aliphatic rings. The molecular weight excluding hydrogens is 565 g/mol. The summed E-state index contributed by atoms with van der Waals surface area (Å²) in [6.45, 7) is 15.0. The number of hydrogen-bond acceptors (Lipinski definition) is 12. The maximum absolute atomic E-state index is 4.43. The largest absolute Gasteiger partial charge is 0.363 e. The lowest BCUT2D eigenvalue weighted by atomic mass is 10.2. The molecule has 0 spiro atoms. The van der Waals surface area contributed by atoms with Crippen LogP contribution in [0.3, 0.4) is 0 Å². The van der Waals surface area contributed by atoms with Crippen molar-refractivity contribution in [1.29, 1.82) is 0 Å². The highest BCUT2D eigenvalue weighted by molar-refractivity contribution is 7.20. The Bertz CT molecular complexity index is 1500. The maximum atomic E-state index is 4.43. The van der Waals surface area contributed by atoms with Crippen LogP contribution in [0.5, 0.6) is 0 Å². The van der Waals surface area contributed by atoms with Crippen molar-refractivity contribution in [2.45, 2.75) is 66.5 Å². The number of aromatic nitrogens is 2. The molecule has 2 aromatic carbocycles. The summed E-state index contributed by atoms with van der Waals surface area (Å²) in [5, 5.41) is 21.2. The molecule has 0 unspecified atom stereocenters. The van der Waals surface area contributed by atoms with Crippen molar-refractivity contribution in [1.82, 2.24) is 10.2 Å². The van der Waals surface area contributed by atoms with Crippen LogP contribution in [0.1, 0.15) is 51.7 Å². The normalized spacial score (nSPS) is 13.4. The Morgan fingerprint density at radius 2 is 1.45 bits per heavy atom. The molecule has 0 atom stereocenters. The fourth-order valence-electron chi connectivity index (χ4n) is 4.99. The topological polar surface area (TPSA) is 105 Å². The van der Waals surface area contributed by atoms with E-state index >= 15 is 0 Å². The van der Waals surface area contributed by atoms with Gasteiger partial charge < -0.3 is 26.1 Å². The van der Waals surface area contributed by atoms with Gasteiger partial charge in [-0.3, -0.25) is 5.43 Å². The number of nitrogens with one attached hydrogen (secondary N) is 4. The molecule has 0 saturated carbocycles. The van der Waals surface area contributed by atoms with E-state index in [1.54, 1.807) is 11.3 Å². The molecule has 0 bridgehead atoms. The minimum absolute atomic E-state index is 0.332. The summed E-state index contributed by atoms with van der Waals surface area (Å²) in [5.41, 5.74) is 19.1. The van der Waals surface area contributed by atoms with Crippen LogP contribution >= 0.6 is 22.7 Å². The van der Waals surface area contributed by atoms with Crippen LogP contribution in [0.15, 0.2) is 58.8 Å². The average Bonchev–Trinajstić information content (AvgIpc) is 3.73. The third kappa shape index (κ3) is 7.29. The smallest absolute Gasteiger partial charge is 0.253 e. The SMILES string of the molecule is Cc1cc(NNc2ccc(NNc3ccc(N4CCCC4)s3)cc2C)ccc1N=Nc1nnc(N(C(C)C)C(C)C)s1. The first kappa shape index (κ1) is 29.6. The van der Waals surface area contributed by atoms with Gasteiger partial charge in [0.15, 0.2) is 0 Å². The van der Waals surface area contributed by atoms with Crippen LogP contribution in [0, 0.1) is 13.8 Å². The van der Waals surface area contributed by atoms with Gasteiger partial charge in [-0.1, -0.05) is 22.7 Å². The Kier molecular flexibility index (Phi) is 9.43. The molecule has 12 heteroatoms. The summed E-state index contributed by atoms with van der Waals surface area (Å²) in [6, 6.07) is 17.2. The second kappa shape index (κ2) is 13.4. The van der Waals surface area contributed by atoms with Crippen molar-refractivity contribution in [3.05, 3.63) is 59.7 Å². The van der Waals surface area contributed by atoms with E-state index < -0.39 is 0 Å². The molecule has 222 valence electrons. The number of aryl methyl sites for hydroxylation is 2. The monoisotopic (exact) mass is 604 g/mol. The van der Waals surface area contributed by atoms with E-state index in [9.17, 15) is 0 Å². The quantitative estimate of drug-likeness (QED) is 0.0940. The highest BCUT2D eigenvalue weighted by Gasteiger charge is 2.19. The first-order chi connectivity index (χ1) is 20.3. The molecule has 0 radical (unpaired) electrons.